The molecule has 1 aliphatic heterocycles. The van der Waals surface area contributed by atoms with Gasteiger partial charge >= 0.3 is 0 Å². The highest BCUT2D eigenvalue weighted by atomic mass is 35.5. The molecule has 0 spiro atoms. The number of aromatic amines is 1. The van der Waals surface area contributed by atoms with Gasteiger partial charge in [-0.2, -0.15) is 5.10 Å². The minimum Gasteiger partial charge on any atom is -0.459 e. The maximum absolute atomic E-state index is 12.1. The van der Waals surface area contributed by atoms with Gasteiger partial charge in [0.15, 0.2) is 0 Å². The minimum atomic E-state index is -0.232. The lowest BCUT2D eigenvalue weighted by Crippen LogP contribution is -2.29. The Hall–Kier alpha value is -3.09. The van der Waals surface area contributed by atoms with Crippen molar-refractivity contribution in [1.82, 2.24) is 15.5 Å². The summed E-state index contributed by atoms with van der Waals surface area (Å²) >= 11 is 6.22. The summed E-state index contributed by atoms with van der Waals surface area (Å²) in [7, 11) is 0. The van der Waals surface area contributed by atoms with Gasteiger partial charge in [0.2, 0.25) is 0 Å². The largest absolute Gasteiger partial charge is 0.459 e. The Morgan fingerprint density at radius 3 is 2.86 bits per heavy atom. The highest BCUT2D eigenvalue weighted by Gasteiger charge is 2.18. The molecule has 4 N–H and O–H groups in total. The quantitative estimate of drug-likeness (QED) is 0.612. The number of halogens is 1. The normalized spacial score (nSPS) is 16.2. The molecule has 0 saturated carbocycles. The Labute approximate surface area is 173 Å². The average Bonchev–Trinajstić information content (AvgIpc) is 2.73. The number of nitrogens with zero attached hydrogens (tertiary/aromatic N) is 1. The molecule has 7 heteroatoms. The molecule has 0 amide bonds. The van der Waals surface area contributed by atoms with E-state index in [-0.39, 0.29) is 18.1 Å². The highest BCUT2D eigenvalue weighted by Crippen LogP contribution is 2.30. The first-order chi connectivity index (χ1) is 14.0. The number of benzene rings is 2. The molecule has 1 aliphatic rings. The molecule has 1 atom stereocenters. The van der Waals surface area contributed by atoms with Gasteiger partial charge < -0.3 is 15.8 Å². The summed E-state index contributed by atoms with van der Waals surface area (Å²) in [5, 5.41) is 11.9. The van der Waals surface area contributed by atoms with Crippen LogP contribution >= 0.6 is 11.6 Å². The predicted octanol–water partition coefficient (Wildman–Crippen LogP) is 3.64. The third-order valence-corrected chi connectivity index (χ3v) is 5.46. The van der Waals surface area contributed by atoms with E-state index in [1.54, 1.807) is 6.07 Å². The van der Waals surface area contributed by atoms with E-state index in [0.717, 1.165) is 33.6 Å². The second-order valence-electron chi connectivity index (χ2n) is 6.96. The number of ether oxygens (including phenoxy) is 1. The molecule has 29 heavy (non-hydrogen) atoms. The Bertz CT molecular complexity index is 1210. The van der Waals surface area contributed by atoms with Crippen LogP contribution in [0.2, 0.25) is 5.02 Å². The van der Waals surface area contributed by atoms with Crippen LogP contribution in [0.4, 0.5) is 0 Å². The first kappa shape index (κ1) is 19.2. The van der Waals surface area contributed by atoms with Gasteiger partial charge in [-0.3, -0.25) is 4.79 Å². The Morgan fingerprint density at radius 1 is 1.24 bits per heavy atom. The Kier molecular flexibility index (Phi) is 5.13. The molecule has 0 bridgehead atoms. The second-order valence-corrected chi connectivity index (χ2v) is 7.37. The number of hydrogen-bond acceptors (Lipinski definition) is 5. The van der Waals surface area contributed by atoms with Crippen molar-refractivity contribution in [3.8, 4) is 5.75 Å². The smallest absolute Gasteiger partial charge is 0.272 e. The maximum Gasteiger partial charge on any atom is 0.272 e. The lowest BCUT2D eigenvalue weighted by Gasteiger charge is -2.23. The van der Waals surface area contributed by atoms with Gasteiger partial charge in [-0.15, -0.1) is 0 Å². The predicted molar refractivity (Wildman–Crippen MR) is 116 cm³/mol. The van der Waals surface area contributed by atoms with Gasteiger partial charge in [0.25, 0.3) is 5.56 Å². The Balaban J connectivity index is 1.73. The fraction of sp³-hybridized carbons (Fsp3) is 0.182. The number of nitrogens with one attached hydrogen (secondary N) is 2. The van der Waals surface area contributed by atoms with E-state index >= 15 is 0 Å². The number of hydrogen-bond donors (Lipinski definition) is 3. The monoisotopic (exact) mass is 408 g/mol. The third kappa shape index (κ3) is 3.64. The van der Waals surface area contributed by atoms with Gasteiger partial charge in [0.1, 0.15) is 11.5 Å². The van der Waals surface area contributed by atoms with Crippen LogP contribution in [-0.2, 0) is 6.54 Å². The molecule has 2 aromatic carbocycles. The molecule has 148 valence electrons. The Morgan fingerprint density at radius 2 is 2.07 bits per heavy atom. The molecule has 4 rings (SSSR count). The maximum atomic E-state index is 12.1. The van der Waals surface area contributed by atoms with E-state index < -0.39 is 0 Å². The van der Waals surface area contributed by atoms with Crippen LogP contribution in [0.3, 0.4) is 0 Å². The zero-order valence-electron chi connectivity index (χ0n) is 16.1. The SMILES string of the molecule is Cc1c(Cl)cccc1OC1=CC(c2ccc3c(=O)[nH]nc(CN)c3c2)=CNC1C. The first-order valence-corrected chi connectivity index (χ1v) is 9.68. The van der Waals surface area contributed by atoms with Gasteiger partial charge in [0, 0.05) is 34.3 Å². The van der Waals surface area contributed by atoms with Crippen LogP contribution in [0.15, 0.2) is 59.2 Å². The van der Waals surface area contributed by atoms with Gasteiger partial charge in [-0.05, 0) is 49.8 Å². The average molecular weight is 409 g/mol. The molecular weight excluding hydrogens is 388 g/mol. The summed E-state index contributed by atoms with van der Waals surface area (Å²) in [5.41, 5.74) is 8.97. The van der Waals surface area contributed by atoms with Crippen LogP contribution in [-0.4, -0.2) is 16.2 Å². The van der Waals surface area contributed by atoms with Crippen LogP contribution < -0.4 is 21.3 Å². The van der Waals surface area contributed by atoms with E-state index in [0.29, 0.717) is 16.1 Å². The van der Waals surface area contributed by atoms with E-state index in [9.17, 15) is 4.79 Å². The minimum absolute atomic E-state index is 0.00158. The second kappa shape index (κ2) is 7.73. The summed E-state index contributed by atoms with van der Waals surface area (Å²) in [6.07, 6.45) is 3.93. The zero-order chi connectivity index (χ0) is 20.5. The molecule has 0 saturated heterocycles. The standard InChI is InChI=1S/C22H21ClN4O2/c1-12-18(23)4-3-5-20(12)29-21-9-15(11-25-13(21)2)14-6-7-16-17(8-14)19(10-24)26-27-22(16)28/h3-9,11,13,25H,10,24H2,1-2H3,(H,27,28). The number of aromatic nitrogens is 2. The van der Waals surface area contributed by atoms with E-state index in [4.69, 9.17) is 22.1 Å². The number of nitrogens with two attached hydrogens (primary N) is 1. The first-order valence-electron chi connectivity index (χ1n) is 9.30. The number of allylic oxidation sites excluding steroid dienone is 2. The van der Waals surface area contributed by atoms with Gasteiger partial charge in [-0.25, -0.2) is 5.10 Å². The molecular formula is C22H21ClN4O2. The number of H-pyrrole nitrogens is 1. The zero-order valence-corrected chi connectivity index (χ0v) is 16.9. The molecule has 2 heterocycles. The molecule has 1 unspecified atom stereocenters. The van der Waals surface area contributed by atoms with Gasteiger partial charge in [-0.1, -0.05) is 23.7 Å². The van der Waals surface area contributed by atoms with Crippen LogP contribution in [0.25, 0.3) is 16.3 Å². The summed E-state index contributed by atoms with van der Waals surface area (Å²) in [6, 6.07) is 11.2. The van der Waals surface area contributed by atoms with Crippen molar-refractivity contribution in [2.45, 2.75) is 26.4 Å². The molecule has 0 fully saturated rings. The van der Waals surface area contributed by atoms with Crippen molar-refractivity contribution < 1.29 is 4.74 Å². The number of dihydropyridines is 1. The van der Waals surface area contributed by atoms with Crippen LogP contribution in [0.5, 0.6) is 5.75 Å². The lowest BCUT2D eigenvalue weighted by molar-refractivity contribution is 0.373. The third-order valence-electron chi connectivity index (χ3n) is 5.05. The summed E-state index contributed by atoms with van der Waals surface area (Å²) < 4.78 is 6.17. The van der Waals surface area contributed by atoms with Crippen LogP contribution in [0, 0.1) is 6.92 Å². The molecule has 0 aliphatic carbocycles. The summed E-state index contributed by atoms with van der Waals surface area (Å²) in [5.74, 6) is 1.49. The molecule has 6 nitrogen and oxygen atoms in total. The van der Waals surface area contributed by atoms with Crippen molar-refractivity contribution in [3.05, 3.63) is 86.6 Å². The van der Waals surface area contributed by atoms with Crippen molar-refractivity contribution in [3.63, 3.8) is 0 Å². The molecule has 1 aromatic heterocycles. The summed E-state index contributed by atoms with van der Waals surface area (Å²) in [4.78, 5) is 12.1. The summed E-state index contributed by atoms with van der Waals surface area (Å²) in [6.45, 7) is 4.19. The van der Waals surface area contributed by atoms with E-state index in [1.807, 2.05) is 56.5 Å². The molecule has 3 aromatic rings. The number of rotatable bonds is 4. The lowest BCUT2D eigenvalue weighted by atomic mass is 9.99. The fourth-order valence-corrected chi connectivity index (χ4v) is 3.45. The van der Waals surface area contributed by atoms with Gasteiger partial charge in [0.05, 0.1) is 17.1 Å². The van der Waals surface area contributed by atoms with Crippen molar-refractivity contribution >= 4 is 27.9 Å². The van der Waals surface area contributed by atoms with Crippen LogP contribution in [0.1, 0.15) is 23.7 Å². The van der Waals surface area contributed by atoms with E-state index in [1.165, 1.54) is 0 Å². The number of fused-ring (bicyclic) bond motifs is 1. The topological polar surface area (TPSA) is 93.0 Å². The van der Waals surface area contributed by atoms with E-state index in [2.05, 4.69) is 15.5 Å². The van der Waals surface area contributed by atoms with Crippen molar-refractivity contribution in [2.24, 2.45) is 5.73 Å². The van der Waals surface area contributed by atoms with Crippen molar-refractivity contribution in [2.75, 3.05) is 0 Å². The van der Waals surface area contributed by atoms with Crippen molar-refractivity contribution in [1.29, 1.82) is 0 Å². The molecule has 0 radical (unpaired) electrons. The fourth-order valence-electron chi connectivity index (χ4n) is 3.28. The highest BCUT2D eigenvalue weighted by molar-refractivity contribution is 6.31.